The number of rotatable bonds is 5. The molecule has 2 aromatic heterocycles. The van der Waals surface area contributed by atoms with Crippen molar-refractivity contribution in [2.75, 3.05) is 13.7 Å². The number of ether oxygens (including phenoxy) is 1. The van der Waals surface area contributed by atoms with Crippen LogP contribution in [-0.2, 0) is 4.08 Å². The Kier molecular flexibility index (Phi) is 6.86. The maximum absolute atomic E-state index is 10.7. The van der Waals surface area contributed by atoms with Gasteiger partial charge in [-0.05, 0) is 26.0 Å². The summed E-state index contributed by atoms with van der Waals surface area (Å²) in [5, 5.41) is 9.45. The number of aromatic nitrogens is 3. The topological polar surface area (TPSA) is 62.0 Å². The van der Waals surface area contributed by atoms with Crippen LogP contribution in [0.4, 0.5) is 25.2 Å². The summed E-state index contributed by atoms with van der Waals surface area (Å²) in [6.07, 6.45) is 2.34. The number of aryl methyl sites for hydroxylation is 1. The number of para-hydroxylation sites is 2. The molecule has 32 heavy (non-hydrogen) atoms. The van der Waals surface area contributed by atoms with E-state index in [0.29, 0.717) is 12.4 Å². The molecule has 3 rings (SSSR count). The van der Waals surface area contributed by atoms with Crippen molar-refractivity contribution in [2.24, 2.45) is 0 Å². The van der Waals surface area contributed by atoms with E-state index in [4.69, 9.17) is 35.0 Å². The molecule has 180 valence electrons. The van der Waals surface area contributed by atoms with Crippen LogP contribution < -0.4 is 9.30 Å². The Morgan fingerprint density at radius 3 is 2.19 bits per heavy atom. The van der Waals surface area contributed by atoms with Gasteiger partial charge in [0, 0.05) is 24.2 Å². The molecule has 1 aromatic carbocycles. The van der Waals surface area contributed by atoms with Gasteiger partial charge in [0.25, 0.3) is 0 Å². The van der Waals surface area contributed by atoms with Crippen molar-refractivity contribution >= 4 is 44.1 Å². The summed E-state index contributed by atoms with van der Waals surface area (Å²) in [6, 6.07) is 7.86. The minimum atomic E-state index is -10.7. The van der Waals surface area contributed by atoms with Gasteiger partial charge in [-0.2, -0.15) is 25.3 Å². The molecule has 3 aromatic rings. The Bertz CT molecular complexity index is 1090. The molecule has 5 nitrogen and oxygen atoms in total. The van der Waals surface area contributed by atoms with Gasteiger partial charge in [0.05, 0.1) is 13.3 Å². The Morgan fingerprint density at radius 2 is 1.69 bits per heavy atom. The molecule has 0 radical (unpaired) electrons. The molecule has 0 saturated heterocycles. The molecule has 0 atom stereocenters. The number of aromatic amines is 1. The van der Waals surface area contributed by atoms with Crippen molar-refractivity contribution in [3.05, 3.63) is 47.3 Å². The first-order valence-electron chi connectivity index (χ1n) is 9.01. The van der Waals surface area contributed by atoms with Gasteiger partial charge in [-0.25, -0.2) is 9.55 Å². The van der Waals surface area contributed by atoms with E-state index in [0.717, 1.165) is 33.6 Å². The number of benzene rings is 1. The van der Waals surface area contributed by atoms with Crippen LogP contribution in [0.25, 0.3) is 17.0 Å². The third kappa shape index (κ3) is 7.43. The quantitative estimate of drug-likeness (QED) is 0.106. The molecule has 0 aliphatic rings. The van der Waals surface area contributed by atoms with Gasteiger partial charge in [-0.15, -0.1) is 0 Å². The van der Waals surface area contributed by atoms with Crippen LogP contribution in [0.2, 0.25) is 0 Å². The Labute approximate surface area is 190 Å². The zero-order chi connectivity index (χ0) is 24.6. The van der Waals surface area contributed by atoms with Crippen LogP contribution in [0.1, 0.15) is 23.2 Å². The van der Waals surface area contributed by atoms with Crippen LogP contribution in [-0.4, -0.2) is 28.8 Å². The third-order valence-electron chi connectivity index (χ3n) is 4.27. The predicted octanol–water partition coefficient (Wildman–Crippen LogP) is 6.24. The average Bonchev–Trinajstić information content (AvgIpc) is 3.02. The third-order valence-corrected chi connectivity index (χ3v) is 5.14. The van der Waals surface area contributed by atoms with E-state index in [9.17, 15) is 30.3 Å². The number of aliphatic hydroxyl groups is 1. The summed E-state index contributed by atoms with van der Waals surface area (Å²) < 4.78 is 65.9. The van der Waals surface area contributed by atoms with E-state index < -0.39 is 11.9 Å². The van der Waals surface area contributed by atoms with E-state index in [-0.39, 0.29) is 6.61 Å². The monoisotopic (exact) mass is 521 g/mol. The number of fused-ring (bicyclic) bond motifs is 1. The number of pyridine rings is 1. The van der Waals surface area contributed by atoms with Crippen molar-refractivity contribution in [2.45, 2.75) is 24.3 Å². The molecule has 0 bridgehead atoms. The molecular formula is C18H22F6N3O2PS2. The fraction of sp³-hybridized carbons (Fsp3) is 0.333. The second-order valence-corrected chi connectivity index (χ2v) is 10.8. The fourth-order valence-corrected chi connectivity index (χ4v) is 3.95. The van der Waals surface area contributed by atoms with E-state index in [1.54, 1.807) is 7.11 Å². The Balaban J connectivity index is 0.000000451. The van der Waals surface area contributed by atoms with Crippen LogP contribution in [0, 0.1) is 13.8 Å². The number of imidazole rings is 1. The Morgan fingerprint density at radius 1 is 1.12 bits per heavy atom. The molecule has 2 N–H and O–H groups in total. The fourth-order valence-electron chi connectivity index (χ4n) is 3.20. The van der Waals surface area contributed by atoms with Gasteiger partial charge in [-0.1, -0.05) is 17.1 Å². The SMILES string of the molecule is COc1c(C)c[n+](-c2nc3ccccc3[nH]2)c(C(S)(S)CCO)c1C.F[P-](F)(F)(F)(F)F. The van der Waals surface area contributed by atoms with E-state index in [2.05, 4.69) is 4.98 Å². The number of aliphatic hydroxyl groups excluding tert-OH is 1. The second kappa shape index (κ2) is 8.27. The van der Waals surface area contributed by atoms with Crippen LogP contribution in [0.15, 0.2) is 30.5 Å². The van der Waals surface area contributed by atoms with Crippen molar-refractivity contribution in [1.82, 2.24) is 9.97 Å². The van der Waals surface area contributed by atoms with Crippen molar-refractivity contribution < 1.29 is 39.6 Å². The summed E-state index contributed by atoms with van der Waals surface area (Å²) in [4.78, 5) is 8.03. The predicted molar refractivity (Wildman–Crippen MR) is 119 cm³/mol. The summed E-state index contributed by atoms with van der Waals surface area (Å²) in [5.41, 5.74) is 4.54. The van der Waals surface area contributed by atoms with Gasteiger partial charge < -0.3 is 9.84 Å². The number of thiol groups is 2. The second-order valence-electron chi connectivity index (χ2n) is 7.02. The van der Waals surface area contributed by atoms with E-state index in [1.807, 2.05) is 48.9 Å². The number of hydrogen-bond donors (Lipinski definition) is 4. The Hall–Kier alpha value is -1.69. The van der Waals surface area contributed by atoms with Gasteiger partial charge in [0.2, 0.25) is 0 Å². The normalized spacial score (nSPS) is 14.4. The van der Waals surface area contributed by atoms with Crippen LogP contribution in [0.5, 0.6) is 5.75 Å². The molecule has 0 aliphatic carbocycles. The molecule has 14 heteroatoms. The average molecular weight is 521 g/mol. The van der Waals surface area contributed by atoms with Crippen molar-refractivity contribution in [1.29, 1.82) is 0 Å². The number of nitrogens with one attached hydrogen (secondary N) is 1. The molecule has 0 spiro atoms. The zero-order valence-electron chi connectivity index (χ0n) is 17.2. The summed E-state index contributed by atoms with van der Waals surface area (Å²) in [5.74, 6) is 1.46. The van der Waals surface area contributed by atoms with Crippen LogP contribution >= 0.6 is 33.1 Å². The number of hydrogen-bond acceptors (Lipinski definition) is 5. The number of halogens is 6. The zero-order valence-corrected chi connectivity index (χ0v) is 19.8. The van der Waals surface area contributed by atoms with E-state index >= 15 is 0 Å². The van der Waals surface area contributed by atoms with Gasteiger partial charge in [0.15, 0.2) is 5.52 Å². The van der Waals surface area contributed by atoms with Crippen LogP contribution in [0.3, 0.4) is 0 Å². The maximum atomic E-state index is 9.87. The molecule has 2 heterocycles. The molecule has 0 aliphatic heterocycles. The number of methoxy groups -OCH3 is 1. The summed E-state index contributed by atoms with van der Waals surface area (Å²) >= 11 is 9.43. The molecular weight excluding hydrogens is 499 g/mol. The number of nitrogens with zero attached hydrogens (tertiary/aromatic N) is 2. The molecule has 0 saturated carbocycles. The molecule has 0 fully saturated rings. The number of H-pyrrole nitrogens is 1. The summed E-state index contributed by atoms with van der Waals surface area (Å²) in [7, 11) is -9.01. The first-order chi connectivity index (χ1) is 14.3. The first-order valence-corrected chi connectivity index (χ1v) is 11.9. The van der Waals surface area contributed by atoms with Crippen molar-refractivity contribution in [3.63, 3.8) is 0 Å². The summed E-state index contributed by atoms with van der Waals surface area (Å²) in [6.45, 7) is 3.93. The first kappa shape index (κ1) is 26.6. The molecule has 0 amide bonds. The minimum absolute atomic E-state index is 0.0250. The van der Waals surface area contributed by atoms with Gasteiger partial charge >= 0.3 is 38.9 Å². The van der Waals surface area contributed by atoms with E-state index in [1.165, 1.54) is 0 Å². The van der Waals surface area contributed by atoms with Crippen molar-refractivity contribution in [3.8, 4) is 11.7 Å². The van der Waals surface area contributed by atoms with Gasteiger partial charge in [0.1, 0.15) is 21.0 Å². The van der Waals surface area contributed by atoms with Gasteiger partial charge in [-0.3, -0.25) is 0 Å². The molecule has 0 unspecified atom stereocenters. The standard InChI is InChI=1S/C18H21N3O2S2.F6P/c1-11-10-21(17-19-13-6-4-5-7-14(13)20-17)16(12(2)15(11)23-3)18(24,25)8-9-22;1-7(2,3,4,5)6/h4-7,10,22H,8-9H2,1-3H3,(H2-,19,20,24,25);/q;-1/p+1.